The maximum Gasteiger partial charge on any atom is 0.311 e. The molecule has 3 nitrogen and oxygen atoms in total. The summed E-state index contributed by atoms with van der Waals surface area (Å²) in [7, 11) is 0. The number of hydrogen-bond acceptors (Lipinski definition) is 2. The lowest BCUT2D eigenvalue weighted by molar-refractivity contribution is -0.138. The van der Waals surface area contributed by atoms with Gasteiger partial charge in [-0.1, -0.05) is 44.2 Å². The lowest BCUT2D eigenvalue weighted by Crippen LogP contribution is -2.14. The van der Waals surface area contributed by atoms with Crippen LogP contribution in [0.25, 0.3) is 0 Å². The molecular weight excluding hydrogens is 300 g/mol. The van der Waals surface area contributed by atoms with Gasteiger partial charge in [0.15, 0.2) is 0 Å². The molecule has 1 N–H and O–H groups in total. The van der Waals surface area contributed by atoms with E-state index < -0.39 is 11.9 Å². The zero-order valence-electron chi connectivity index (χ0n) is 14.9. The topological polar surface area (TPSA) is 46.5 Å². The number of hydrogen-bond donors (Lipinski definition) is 1. The molecule has 2 rings (SSSR count). The summed E-state index contributed by atoms with van der Waals surface area (Å²) in [5, 5.41) is 9.62. The van der Waals surface area contributed by atoms with E-state index in [1.165, 1.54) is 5.56 Å². The Morgan fingerprint density at radius 1 is 1.04 bits per heavy atom. The van der Waals surface area contributed by atoms with E-state index in [9.17, 15) is 9.90 Å². The van der Waals surface area contributed by atoms with Gasteiger partial charge in [-0.25, -0.2) is 0 Å². The molecule has 0 radical (unpaired) electrons. The molecule has 0 aliphatic rings. The number of carboxylic acid groups (broad SMARTS) is 1. The quantitative estimate of drug-likeness (QED) is 0.798. The van der Waals surface area contributed by atoms with Crippen LogP contribution in [-0.2, 0) is 11.2 Å². The van der Waals surface area contributed by atoms with Gasteiger partial charge in [0, 0.05) is 0 Å². The Labute approximate surface area is 144 Å². The molecule has 1 unspecified atom stereocenters. The average Bonchev–Trinajstić information content (AvgIpc) is 2.54. The van der Waals surface area contributed by atoms with Crippen LogP contribution in [0.2, 0.25) is 0 Å². The van der Waals surface area contributed by atoms with Gasteiger partial charge in [0.25, 0.3) is 0 Å². The second-order valence-electron chi connectivity index (χ2n) is 6.79. The highest BCUT2D eigenvalue weighted by Gasteiger charge is 2.20. The minimum Gasteiger partial charge on any atom is -0.493 e. The minimum absolute atomic E-state index is 0.474. The van der Waals surface area contributed by atoms with Crippen molar-refractivity contribution in [3.8, 4) is 5.75 Å². The Hall–Kier alpha value is -2.29. The number of benzene rings is 2. The molecule has 24 heavy (non-hydrogen) atoms. The fourth-order valence-electron chi connectivity index (χ4n) is 2.55. The third-order valence-electron chi connectivity index (χ3n) is 4.18. The highest BCUT2D eigenvalue weighted by atomic mass is 16.5. The fraction of sp³-hybridized carbons (Fsp3) is 0.381. The molecule has 0 spiro atoms. The average molecular weight is 326 g/mol. The first kappa shape index (κ1) is 18.1. The lowest BCUT2D eigenvalue weighted by atomic mass is 9.90. The Balaban J connectivity index is 2.13. The number of aliphatic carboxylic acids is 1. The van der Waals surface area contributed by atoms with Gasteiger partial charge in [-0.3, -0.25) is 4.79 Å². The summed E-state index contributed by atoms with van der Waals surface area (Å²) in [4.78, 5) is 11.7. The van der Waals surface area contributed by atoms with Crippen LogP contribution in [0, 0.1) is 19.8 Å². The van der Waals surface area contributed by atoms with Crippen LogP contribution < -0.4 is 4.74 Å². The summed E-state index contributed by atoms with van der Waals surface area (Å²) in [5.74, 6) is -0.0264. The van der Waals surface area contributed by atoms with E-state index in [4.69, 9.17) is 4.74 Å². The number of carbonyl (C=O) groups is 1. The van der Waals surface area contributed by atoms with Gasteiger partial charge < -0.3 is 9.84 Å². The molecule has 0 amide bonds. The van der Waals surface area contributed by atoms with Crippen molar-refractivity contribution in [2.75, 3.05) is 6.61 Å². The molecule has 0 saturated carbocycles. The van der Waals surface area contributed by atoms with Crippen molar-refractivity contribution >= 4 is 5.97 Å². The fourth-order valence-corrected chi connectivity index (χ4v) is 2.55. The summed E-state index contributed by atoms with van der Waals surface area (Å²) in [6, 6.07) is 13.6. The van der Waals surface area contributed by atoms with Crippen LogP contribution in [0.5, 0.6) is 5.75 Å². The van der Waals surface area contributed by atoms with E-state index in [0.29, 0.717) is 18.9 Å². The zero-order chi connectivity index (χ0) is 17.7. The van der Waals surface area contributed by atoms with Gasteiger partial charge in [0.05, 0.1) is 12.5 Å². The van der Waals surface area contributed by atoms with Crippen molar-refractivity contribution in [2.24, 2.45) is 5.92 Å². The van der Waals surface area contributed by atoms with Crippen molar-refractivity contribution in [1.29, 1.82) is 0 Å². The normalized spacial score (nSPS) is 12.2. The zero-order valence-corrected chi connectivity index (χ0v) is 14.9. The van der Waals surface area contributed by atoms with Crippen LogP contribution in [0.1, 0.15) is 42.0 Å². The predicted octanol–water partition coefficient (Wildman–Crippen LogP) is 4.75. The molecule has 0 aliphatic carbocycles. The summed E-state index contributed by atoms with van der Waals surface area (Å²) in [6.45, 7) is 8.94. The van der Waals surface area contributed by atoms with Crippen molar-refractivity contribution in [1.82, 2.24) is 0 Å². The van der Waals surface area contributed by atoms with E-state index in [1.54, 1.807) is 0 Å². The third kappa shape index (κ3) is 4.85. The smallest absolute Gasteiger partial charge is 0.311 e. The molecule has 0 aromatic heterocycles. The first-order valence-corrected chi connectivity index (χ1v) is 8.38. The minimum atomic E-state index is -0.793. The van der Waals surface area contributed by atoms with E-state index in [0.717, 1.165) is 22.4 Å². The van der Waals surface area contributed by atoms with Crippen molar-refractivity contribution in [3.63, 3.8) is 0 Å². The highest BCUT2D eigenvalue weighted by molar-refractivity contribution is 5.76. The van der Waals surface area contributed by atoms with Crippen molar-refractivity contribution < 1.29 is 14.6 Å². The summed E-state index contributed by atoms with van der Waals surface area (Å²) < 4.78 is 5.67. The summed E-state index contributed by atoms with van der Waals surface area (Å²) in [5.41, 5.74) is 4.15. The maximum absolute atomic E-state index is 11.7. The Morgan fingerprint density at radius 2 is 1.71 bits per heavy atom. The molecule has 1 atom stereocenters. The van der Waals surface area contributed by atoms with Crippen LogP contribution in [0.15, 0.2) is 42.5 Å². The van der Waals surface area contributed by atoms with Gasteiger partial charge in [-0.2, -0.15) is 0 Å². The molecule has 2 aromatic rings. The van der Waals surface area contributed by atoms with Crippen LogP contribution in [0.3, 0.4) is 0 Å². The first-order chi connectivity index (χ1) is 11.4. The Morgan fingerprint density at radius 3 is 2.25 bits per heavy atom. The van der Waals surface area contributed by atoms with E-state index >= 15 is 0 Å². The molecule has 0 heterocycles. The molecule has 0 bridgehead atoms. The second-order valence-corrected chi connectivity index (χ2v) is 6.79. The van der Waals surface area contributed by atoms with Gasteiger partial charge >= 0.3 is 5.97 Å². The number of rotatable bonds is 7. The molecule has 0 aliphatic heterocycles. The van der Waals surface area contributed by atoms with Gasteiger partial charge in [0.1, 0.15) is 5.75 Å². The summed E-state index contributed by atoms with van der Waals surface area (Å²) >= 11 is 0. The SMILES string of the molecule is Cc1ccc(C(Cc2ccc(OCC(C)C)cc2)C(=O)O)cc1C. The van der Waals surface area contributed by atoms with Crippen molar-refractivity contribution in [3.05, 3.63) is 64.7 Å². The van der Waals surface area contributed by atoms with Crippen LogP contribution in [-0.4, -0.2) is 17.7 Å². The maximum atomic E-state index is 11.7. The number of aryl methyl sites for hydroxylation is 2. The highest BCUT2D eigenvalue weighted by Crippen LogP contribution is 2.25. The van der Waals surface area contributed by atoms with Crippen molar-refractivity contribution in [2.45, 2.75) is 40.0 Å². The van der Waals surface area contributed by atoms with Crippen LogP contribution >= 0.6 is 0 Å². The molecule has 2 aromatic carbocycles. The summed E-state index contributed by atoms with van der Waals surface area (Å²) in [6.07, 6.45) is 0.474. The van der Waals surface area contributed by atoms with E-state index in [2.05, 4.69) is 13.8 Å². The van der Waals surface area contributed by atoms with E-state index in [-0.39, 0.29) is 0 Å². The second kappa shape index (κ2) is 8.00. The van der Waals surface area contributed by atoms with E-state index in [1.807, 2.05) is 56.3 Å². The predicted molar refractivity (Wildman–Crippen MR) is 96.8 cm³/mol. The Kier molecular flexibility index (Phi) is 6.02. The molecule has 0 fully saturated rings. The molecule has 128 valence electrons. The number of carboxylic acids is 1. The first-order valence-electron chi connectivity index (χ1n) is 8.38. The molecular formula is C21H26O3. The standard InChI is InChI=1S/C21H26O3/c1-14(2)13-24-19-9-6-17(7-10-19)12-20(21(22)23)18-8-5-15(3)16(4)11-18/h5-11,14,20H,12-13H2,1-4H3,(H,22,23). The third-order valence-corrected chi connectivity index (χ3v) is 4.18. The van der Waals surface area contributed by atoms with Gasteiger partial charge in [-0.15, -0.1) is 0 Å². The number of ether oxygens (including phenoxy) is 1. The monoisotopic (exact) mass is 326 g/mol. The Bertz CT molecular complexity index is 687. The van der Waals surface area contributed by atoms with Gasteiger partial charge in [0.2, 0.25) is 0 Å². The van der Waals surface area contributed by atoms with Crippen LogP contribution in [0.4, 0.5) is 0 Å². The van der Waals surface area contributed by atoms with Gasteiger partial charge in [-0.05, 0) is 60.6 Å². The molecule has 0 saturated heterocycles. The lowest BCUT2D eigenvalue weighted by Gasteiger charge is -2.15. The largest absolute Gasteiger partial charge is 0.493 e. The molecule has 3 heteroatoms.